The SMILES string of the molecule is CCCCCCCCN1C(=O)c2cccc3c(C#CC#Cc4ccc5c6c(cccc46)C(=O)N(CCCCCCCC)C5=O)ccc(c23)C1=O. The lowest BCUT2D eigenvalue weighted by atomic mass is 9.91. The molecule has 4 amide bonds. The van der Waals surface area contributed by atoms with Crippen molar-refractivity contribution >= 4 is 45.2 Å². The molecule has 50 heavy (non-hydrogen) atoms. The maximum absolute atomic E-state index is 13.4. The van der Waals surface area contributed by atoms with Crippen LogP contribution in [0.4, 0.5) is 0 Å². The molecular weight excluding hydrogens is 620 g/mol. The maximum atomic E-state index is 13.4. The van der Waals surface area contributed by atoms with Crippen molar-refractivity contribution in [2.45, 2.75) is 90.9 Å². The number of carbonyl (C=O) groups is 4. The molecule has 6 rings (SSSR count). The van der Waals surface area contributed by atoms with E-state index in [4.69, 9.17) is 0 Å². The lowest BCUT2D eigenvalue weighted by molar-refractivity contribution is 0.0592. The van der Waals surface area contributed by atoms with Crippen LogP contribution in [0.3, 0.4) is 0 Å². The van der Waals surface area contributed by atoms with Gasteiger partial charge < -0.3 is 0 Å². The van der Waals surface area contributed by atoms with E-state index in [2.05, 4.69) is 37.5 Å². The lowest BCUT2D eigenvalue weighted by Crippen LogP contribution is -2.40. The predicted molar refractivity (Wildman–Crippen MR) is 199 cm³/mol. The molecule has 0 saturated heterocycles. The molecule has 4 aromatic rings. The summed E-state index contributed by atoms with van der Waals surface area (Å²) in [5.41, 5.74) is 3.46. The first-order valence-corrected chi connectivity index (χ1v) is 18.3. The van der Waals surface area contributed by atoms with Gasteiger partial charge in [0.15, 0.2) is 0 Å². The summed E-state index contributed by atoms with van der Waals surface area (Å²) in [7, 11) is 0. The quantitative estimate of drug-likeness (QED) is 0.0765. The van der Waals surface area contributed by atoms with Crippen LogP contribution >= 0.6 is 0 Å². The second-order valence-electron chi connectivity index (χ2n) is 13.3. The lowest BCUT2D eigenvalue weighted by Gasteiger charge is -2.27. The minimum atomic E-state index is -0.253. The highest BCUT2D eigenvalue weighted by atomic mass is 16.2. The Kier molecular flexibility index (Phi) is 11.1. The number of benzene rings is 4. The Morgan fingerprint density at radius 1 is 0.440 bits per heavy atom. The number of nitrogens with zero attached hydrogens (tertiary/aromatic N) is 2. The van der Waals surface area contributed by atoms with Gasteiger partial charge in [-0.2, -0.15) is 0 Å². The first-order chi connectivity index (χ1) is 24.5. The average molecular weight is 665 g/mol. The molecule has 0 N–H and O–H groups in total. The summed E-state index contributed by atoms with van der Waals surface area (Å²) in [4.78, 5) is 56.5. The van der Waals surface area contributed by atoms with Crippen LogP contribution in [-0.2, 0) is 0 Å². The maximum Gasteiger partial charge on any atom is 0.261 e. The highest BCUT2D eigenvalue weighted by molar-refractivity contribution is 6.27. The van der Waals surface area contributed by atoms with Gasteiger partial charge in [-0.05, 0) is 71.9 Å². The normalized spacial score (nSPS) is 13.5. The van der Waals surface area contributed by atoms with E-state index in [1.165, 1.54) is 48.3 Å². The minimum absolute atomic E-state index is 0.253. The van der Waals surface area contributed by atoms with Gasteiger partial charge >= 0.3 is 0 Å². The highest BCUT2D eigenvalue weighted by Crippen LogP contribution is 2.34. The van der Waals surface area contributed by atoms with Gasteiger partial charge in [-0.1, -0.05) is 114 Å². The monoisotopic (exact) mass is 664 g/mol. The van der Waals surface area contributed by atoms with E-state index < -0.39 is 0 Å². The molecule has 254 valence electrons. The van der Waals surface area contributed by atoms with Crippen LogP contribution in [0.5, 0.6) is 0 Å². The Balaban J connectivity index is 1.21. The fourth-order valence-corrected chi connectivity index (χ4v) is 7.21. The summed E-state index contributed by atoms with van der Waals surface area (Å²) in [6.07, 6.45) is 13.0. The molecular formula is C44H44N2O4. The van der Waals surface area contributed by atoms with E-state index >= 15 is 0 Å². The Labute approximate surface area is 295 Å². The van der Waals surface area contributed by atoms with Crippen LogP contribution in [0, 0.1) is 23.7 Å². The summed E-state index contributed by atoms with van der Waals surface area (Å²) >= 11 is 0. The molecule has 0 unspecified atom stereocenters. The zero-order chi connectivity index (χ0) is 35.0. The molecule has 0 saturated carbocycles. The van der Waals surface area contributed by atoms with Crippen molar-refractivity contribution in [3.8, 4) is 23.7 Å². The predicted octanol–water partition coefficient (Wildman–Crippen LogP) is 9.31. The van der Waals surface area contributed by atoms with E-state index in [1.807, 2.05) is 36.4 Å². The summed E-state index contributed by atoms with van der Waals surface area (Å²) in [5.74, 6) is 11.2. The van der Waals surface area contributed by atoms with Gasteiger partial charge in [0.05, 0.1) is 0 Å². The summed E-state index contributed by atoms with van der Waals surface area (Å²) < 4.78 is 0. The molecule has 0 fully saturated rings. The van der Waals surface area contributed by atoms with Gasteiger partial charge in [0, 0.05) is 57.2 Å². The highest BCUT2D eigenvalue weighted by Gasteiger charge is 2.34. The van der Waals surface area contributed by atoms with Gasteiger partial charge in [-0.3, -0.25) is 29.0 Å². The zero-order valence-electron chi connectivity index (χ0n) is 29.2. The van der Waals surface area contributed by atoms with Crippen LogP contribution in [0.25, 0.3) is 21.5 Å². The van der Waals surface area contributed by atoms with Crippen molar-refractivity contribution < 1.29 is 19.2 Å². The Hall–Kier alpha value is -5.20. The summed E-state index contributed by atoms with van der Waals surface area (Å²) in [6, 6.07) is 18.2. The molecule has 2 aliphatic rings. The number of hydrogen-bond donors (Lipinski definition) is 0. The van der Waals surface area contributed by atoms with Crippen LogP contribution in [0.2, 0.25) is 0 Å². The van der Waals surface area contributed by atoms with Crippen molar-refractivity contribution in [1.82, 2.24) is 9.80 Å². The fourth-order valence-electron chi connectivity index (χ4n) is 7.21. The van der Waals surface area contributed by atoms with Crippen LogP contribution in [-0.4, -0.2) is 46.5 Å². The molecule has 6 nitrogen and oxygen atoms in total. The smallest absolute Gasteiger partial charge is 0.261 e. The second kappa shape index (κ2) is 16.0. The Bertz CT molecular complexity index is 1910. The average Bonchev–Trinajstić information content (AvgIpc) is 3.13. The number of rotatable bonds is 14. The molecule has 2 aliphatic heterocycles. The molecule has 6 heteroatoms. The molecule has 0 atom stereocenters. The first kappa shape index (κ1) is 34.7. The first-order valence-electron chi connectivity index (χ1n) is 18.3. The molecule has 0 aromatic heterocycles. The van der Waals surface area contributed by atoms with Crippen LogP contribution in [0.15, 0.2) is 60.7 Å². The van der Waals surface area contributed by atoms with Gasteiger partial charge in [-0.15, -0.1) is 0 Å². The van der Waals surface area contributed by atoms with Gasteiger partial charge in [0.2, 0.25) is 0 Å². The van der Waals surface area contributed by atoms with E-state index in [-0.39, 0.29) is 23.6 Å². The third-order valence-corrected chi connectivity index (χ3v) is 9.91. The van der Waals surface area contributed by atoms with Crippen molar-refractivity contribution in [2.75, 3.05) is 13.1 Å². The number of imide groups is 2. The molecule has 2 heterocycles. The van der Waals surface area contributed by atoms with Gasteiger partial charge in [0.25, 0.3) is 23.6 Å². The fraction of sp³-hybridized carbons (Fsp3) is 0.364. The number of carbonyl (C=O) groups excluding carboxylic acids is 4. The molecule has 0 aliphatic carbocycles. The van der Waals surface area contributed by atoms with Gasteiger partial charge in [-0.25, -0.2) is 0 Å². The summed E-state index contributed by atoms with van der Waals surface area (Å²) in [5, 5.41) is 2.79. The largest absolute Gasteiger partial charge is 0.274 e. The van der Waals surface area contributed by atoms with E-state index in [1.54, 1.807) is 24.3 Å². The van der Waals surface area contributed by atoms with Crippen molar-refractivity contribution in [1.29, 1.82) is 0 Å². The molecule has 4 aromatic carbocycles. The van der Waals surface area contributed by atoms with E-state index in [0.29, 0.717) is 57.2 Å². The van der Waals surface area contributed by atoms with E-state index in [9.17, 15) is 19.2 Å². The van der Waals surface area contributed by atoms with Crippen molar-refractivity contribution in [2.24, 2.45) is 0 Å². The standard InChI is InChI=1S/C44H44N2O4/c1-3-5-7-9-11-15-29-45-41(47)35-23-17-21-33-31(25-27-37(39(33)35)43(45)49)19-13-14-20-32-26-28-38-40-34(32)22-18-24-36(40)42(48)46(44(38)50)30-16-12-10-8-6-4-2/h17-18,21-28H,3-12,15-16,29-30H2,1-2H3. The summed E-state index contributed by atoms with van der Waals surface area (Å²) in [6.45, 7) is 5.22. The van der Waals surface area contributed by atoms with Crippen molar-refractivity contribution in [3.05, 3.63) is 94.0 Å². The Morgan fingerprint density at radius 2 is 0.800 bits per heavy atom. The second-order valence-corrected chi connectivity index (χ2v) is 13.3. The van der Waals surface area contributed by atoms with E-state index in [0.717, 1.165) is 49.3 Å². The van der Waals surface area contributed by atoms with Gasteiger partial charge in [0.1, 0.15) is 0 Å². The number of hydrogen-bond acceptors (Lipinski definition) is 4. The topological polar surface area (TPSA) is 74.8 Å². The number of amides is 4. The number of unbranched alkanes of at least 4 members (excludes halogenated alkanes) is 10. The molecule has 0 bridgehead atoms. The minimum Gasteiger partial charge on any atom is -0.274 e. The van der Waals surface area contributed by atoms with Crippen LogP contribution < -0.4 is 0 Å². The third kappa shape index (κ3) is 6.94. The Morgan fingerprint density at radius 3 is 1.20 bits per heavy atom. The van der Waals surface area contributed by atoms with Crippen LogP contribution in [0.1, 0.15) is 143 Å². The molecule has 0 spiro atoms. The zero-order valence-corrected chi connectivity index (χ0v) is 29.2. The molecule has 0 radical (unpaired) electrons. The third-order valence-electron chi connectivity index (χ3n) is 9.91. The van der Waals surface area contributed by atoms with Crippen molar-refractivity contribution in [3.63, 3.8) is 0 Å².